The van der Waals surface area contributed by atoms with Crippen LogP contribution in [0, 0.1) is 0 Å². The topological polar surface area (TPSA) is 62.5 Å². The minimum Gasteiger partial charge on any atom is -0.340 e. The standard InChI is InChI=1S/C17H22N4OS/c1-13-12-20(17(22)10-18)7-2-8-21(13)23-16-4-3-15-11-19-6-5-14(15)9-16/h3-6,9,11,13H,2,7-8,10,12,18H2,1H3/t13-/m0/s1. The number of fused-ring (bicyclic) bond motifs is 1. The lowest BCUT2D eigenvalue weighted by Crippen LogP contribution is -2.41. The number of aromatic nitrogens is 1. The highest BCUT2D eigenvalue weighted by molar-refractivity contribution is 7.97. The average Bonchev–Trinajstić information content (AvgIpc) is 2.76. The van der Waals surface area contributed by atoms with Crippen molar-refractivity contribution in [3.05, 3.63) is 36.7 Å². The first kappa shape index (κ1) is 16.2. The zero-order valence-corrected chi connectivity index (χ0v) is 14.1. The Bertz CT molecular complexity index is 693. The van der Waals surface area contributed by atoms with E-state index < -0.39 is 0 Å². The summed E-state index contributed by atoms with van der Waals surface area (Å²) in [5.41, 5.74) is 5.50. The van der Waals surface area contributed by atoms with E-state index in [4.69, 9.17) is 5.73 Å². The zero-order valence-electron chi connectivity index (χ0n) is 13.3. The van der Waals surface area contributed by atoms with Gasteiger partial charge in [0.05, 0.1) is 6.54 Å². The summed E-state index contributed by atoms with van der Waals surface area (Å²) in [5, 5.41) is 2.35. The van der Waals surface area contributed by atoms with Crippen LogP contribution in [0.25, 0.3) is 10.8 Å². The first-order valence-corrected chi connectivity index (χ1v) is 8.71. The van der Waals surface area contributed by atoms with Crippen molar-refractivity contribution in [2.45, 2.75) is 24.3 Å². The average molecular weight is 330 g/mol. The molecule has 1 aliphatic heterocycles. The Kier molecular flexibility index (Phi) is 5.15. The fourth-order valence-corrected chi connectivity index (χ4v) is 3.93. The third kappa shape index (κ3) is 3.83. The Morgan fingerprint density at radius 1 is 1.35 bits per heavy atom. The number of amides is 1. The first-order chi connectivity index (χ1) is 11.2. The molecule has 0 aliphatic carbocycles. The van der Waals surface area contributed by atoms with Gasteiger partial charge in [-0.2, -0.15) is 0 Å². The molecule has 3 rings (SSSR count). The molecule has 0 bridgehead atoms. The van der Waals surface area contributed by atoms with Gasteiger partial charge in [0, 0.05) is 48.4 Å². The highest BCUT2D eigenvalue weighted by Gasteiger charge is 2.24. The smallest absolute Gasteiger partial charge is 0.236 e. The zero-order chi connectivity index (χ0) is 16.2. The lowest BCUT2D eigenvalue weighted by Gasteiger charge is -2.27. The third-order valence-corrected chi connectivity index (χ3v) is 5.39. The van der Waals surface area contributed by atoms with E-state index >= 15 is 0 Å². The van der Waals surface area contributed by atoms with Gasteiger partial charge in [-0.25, -0.2) is 4.31 Å². The Morgan fingerprint density at radius 3 is 3.04 bits per heavy atom. The first-order valence-electron chi connectivity index (χ1n) is 7.93. The molecule has 23 heavy (non-hydrogen) atoms. The molecule has 2 aromatic rings. The van der Waals surface area contributed by atoms with E-state index in [-0.39, 0.29) is 12.5 Å². The Labute approximate surface area is 141 Å². The molecule has 1 saturated heterocycles. The van der Waals surface area contributed by atoms with Crippen LogP contribution >= 0.6 is 11.9 Å². The minimum atomic E-state index is 0.0434. The van der Waals surface area contributed by atoms with E-state index in [1.165, 1.54) is 10.3 Å². The van der Waals surface area contributed by atoms with E-state index in [0.717, 1.165) is 31.4 Å². The van der Waals surface area contributed by atoms with Gasteiger partial charge in [-0.3, -0.25) is 9.78 Å². The summed E-state index contributed by atoms with van der Waals surface area (Å²) in [6.07, 6.45) is 4.68. The van der Waals surface area contributed by atoms with Crippen molar-refractivity contribution in [3.63, 3.8) is 0 Å². The van der Waals surface area contributed by atoms with Crippen molar-refractivity contribution in [2.24, 2.45) is 5.73 Å². The second kappa shape index (κ2) is 7.29. The molecular formula is C17H22N4OS. The van der Waals surface area contributed by atoms with Crippen molar-refractivity contribution in [1.82, 2.24) is 14.2 Å². The molecule has 5 nitrogen and oxygen atoms in total. The summed E-state index contributed by atoms with van der Waals surface area (Å²) >= 11 is 1.77. The molecule has 2 N–H and O–H groups in total. The lowest BCUT2D eigenvalue weighted by atomic mass is 10.2. The van der Waals surface area contributed by atoms with Gasteiger partial charge in [0.25, 0.3) is 0 Å². The van der Waals surface area contributed by atoms with Crippen molar-refractivity contribution in [1.29, 1.82) is 0 Å². The molecule has 1 fully saturated rings. The Hall–Kier alpha value is -1.63. The molecular weight excluding hydrogens is 308 g/mol. The number of nitrogens with zero attached hydrogens (tertiary/aromatic N) is 3. The van der Waals surface area contributed by atoms with Gasteiger partial charge >= 0.3 is 0 Å². The fraction of sp³-hybridized carbons (Fsp3) is 0.412. The van der Waals surface area contributed by atoms with Crippen LogP contribution in [0.5, 0.6) is 0 Å². The van der Waals surface area contributed by atoms with Crippen molar-refractivity contribution < 1.29 is 4.79 Å². The van der Waals surface area contributed by atoms with Gasteiger partial charge in [-0.1, -0.05) is 6.07 Å². The van der Waals surface area contributed by atoms with Crippen LogP contribution in [0.15, 0.2) is 41.6 Å². The number of carbonyl (C=O) groups is 1. The second-order valence-electron chi connectivity index (χ2n) is 5.86. The molecule has 122 valence electrons. The Morgan fingerprint density at radius 2 is 2.22 bits per heavy atom. The van der Waals surface area contributed by atoms with Crippen LogP contribution in [-0.2, 0) is 4.79 Å². The molecule has 1 atom stereocenters. The van der Waals surface area contributed by atoms with E-state index in [1.807, 2.05) is 23.4 Å². The maximum absolute atomic E-state index is 11.8. The number of hydrogen-bond acceptors (Lipinski definition) is 5. The maximum Gasteiger partial charge on any atom is 0.236 e. The highest BCUT2D eigenvalue weighted by Crippen LogP contribution is 2.29. The number of benzene rings is 1. The number of carbonyl (C=O) groups excluding carboxylic acids is 1. The van der Waals surface area contributed by atoms with Gasteiger partial charge in [0.2, 0.25) is 5.91 Å². The van der Waals surface area contributed by atoms with Crippen molar-refractivity contribution in [2.75, 3.05) is 26.2 Å². The molecule has 1 aliphatic rings. The molecule has 1 aromatic heterocycles. The predicted octanol–water partition coefficient (Wildman–Crippen LogP) is 2.12. The highest BCUT2D eigenvalue weighted by atomic mass is 32.2. The monoisotopic (exact) mass is 330 g/mol. The van der Waals surface area contributed by atoms with Gasteiger partial charge in [0.15, 0.2) is 0 Å². The van der Waals surface area contributed by atoms with Crippen LogP contribution in [0.1, 0.15) is 13.3 Å². The summed E-state index contributed by atoms with van der Waals surface area (Å²) in [6.45, 7) is 4.76. The molecule has 0 saturated carbocycles. The fourth-order valence-electron chi connectivity index (χ4n) is 2.88. The predicted molar refractivity (Wildman–Crippen MR) is 94.0 cm³/mol. The quantitative estimate of drug-likeness (QED) is 0.874. The lowest BCUT2D eigenvalue weighted by molar-refractivity contribution is -0.129. The summed E-state index contributed by atoms with van der Waals surface area (Å²) in [7, 11) is 0. The second-order valence-corrected chi connectivity index (χ2v) is 6.99. The molecule has 1 aromatic carbocycles. The number of pyridine rings is 1. The number of hydrogen-bond donors (Lipinski definition) is 1. The minimum absolute atomic E-state index is 0.0434. The summed E-state index contributed by atoms with van der Waals surface area (Å²) in [5.74, 6) is 0.0434. The van der Waals surface area contributed by atoms with Gasteiger partial charge in [-0.15, -0.1) is 0 Å². The molecule has 0 radical (unpaired) electrons. The Balaban J connectivity index is 1.72. The molecule has 6 heteroatoms. The molecule has 0 unspecified atom stereocenters. The van der Waals surface area contributed by atoms with E-state index in [1.54, 1.807) is 11.9 Å². The van der Waals surface area contributed by atoms with Crippen molar-refractivity contribution in [3.8, 4) is 0 Å². The van der Waals surface area contributed by atoms with Crippen LogP contribution in [-0.4, -0.2) is 52.3 Å². The molecule has 2 heterocycles. The number of rotatable bonds is 3. The van der Waals surface area contributed by atoms with Crippen LogP contribution in [0.2, 0.25) is 0 Å². The summed E-state index contributed by atoms with van der Waals surface area (Å²) < 4.78 is 2.37. The van der Waals surface area contributed by atoms with Crippen molar-refractivity contribution >= 4 is 28.6 Å². The molecule has 1 amide bonds. The van der Waals surface area contributed by atoms with Crippen LogP contribution in [0.4, 0.5) is 0 Å². The molecule has 0 spiro atoms. The summed E-state index contributed by atoms with van der Waals surface area (Å²) in [4.78, 5) is 19.1. The van der Waals surface area contributed by atoms with Gasteiger partial charge < -0.3 is 10.6 Å². The van der Waals surface area contributed by atoms with Crippen LogP contribution < -0.4 is 5.73 Å². The number of nitrogens with two attached hydrogens (primary N) is 1. The normalized spacial score (nSPS) is 19.7. The largest absolute Gasteiger partial charge is 0.340 e. The van der Waals surface area contributed by atoms with E-state index in [9.17, 15) is 4.79 Å². The maximum atomic E-state index is 11.8. The third-order valence-electron chi connectivity index (χ3n) is 4.14. The van der Waals surface area contributed by atoms with Gasteiger partial charge in [-0.05, 0) is 48.9 Å². The SMILES string of the molecule is C[C@H]1CN(C(=O)CN)CCCN1Sc1ccc2cnccc2c1. The van der Waals surface area contributed by atoms with Crippen LogP contribution in [0.3, 0.4) is 0 Å². The van der Waals surface area contributed by atoms with E-state index in [0.29, 0.717) is 6.04 Å². The van der Waals surface area contributed by atoms with E-state index in [2.05, 4.69) is 34.4 Å². The summed E-state index contributed by atoms with van der Waals surface area (Å²) in [6, 6.07) is 8.77. The van der Waals surface area contributed by atoms with Gasteiger partial charge in [0.1, 0.15) is 0 Å².